The van der Waals surface area contributed by atoms with Gasteiger partial charge in [-0.3, -0.25) is 9.59 Å². The van der Waals surface area contributed by atoms with E-state index in [0.29, 0.717) is 25.3 Å². The first-order valence-electron chi connectivity index (χ1n) is 15.8. The molecule has 2 N–H and O–H groups in total. The number of likely N-dealkylation sites (tertiary alicyclic amines) is 1. The molecule has 1 heterocycles. The highest BCUT2D eigenvalue weighted by molar-refractivity contribution is 5.94. The molecule has 0 aliphatic carbocycles. The second-order valence-corrected chi connectivity index (χ2v) is 14.2. The van der Waals surface area contributed by atoms with Gasteiger partial charge in [0, 0.05) is 44.8 Å². The molecule has 1 aromatic rings. The molecule has 8 heteroatoms. The Kier molecular flexibility index (Phi) is 13.9. The van der Waals surface area contributed by atoms with E-state index in [1.54, 1.807) is 14.2 Å². The molecule has 5 atom stereocenters. The Morgan fingerprint density at radius 2 is 1.56 bits per heavy atom. The van der Waals surface area contributed by atoms with Crippen LogP contribution >= 0.6 is 0 Å². The van der Waals surface area contributed by atoms with E-state index >= 15 is 0 Å². The Hall–Kier alpha value is -2.26. The molecule has 43 heavy (non-hydrogen) atoms. The lowest BCUT2D eigenvalue weighted by atomic mass is 9.77. The van der Waals surface area contributed by atoms with Crippen LogP contribution in [0.2, 0.25) is 0 Å². The van der Waals surface area contributed by atoms with Crippen LogP contribution in [-0.4, -0.2) is 99.9 Å². The lowest BCUT2D eigenvalue weighted by Gasteiger charge is -2.40. The molecule has 1 aliphatic heterocycles. The largest absolute Gasteiger partial charge is 0.383 e. The normalized spacial score (nSPS) is 20.3. The summed E-state index contributed by atoms with van der Waals surface area (Å²) < 4.78 is 10.9. The standard InChI is InChI=1S/C35H60N4O4/c1-24(2)29(20-25(3)32(40)39-27(22-42-11)18-19-28(39)23-43-12)38(10)33(41)31(34(4,5)6)37-21-30(36-9)35(7,8)26-16-14-13-15-17-26/h13-17,20,24,27-31,36-37H,18-19,21-23H2,1-12H3/b25-20+/t27-,28?,29+,30+,31+/m0/s1. The molecule has 0 radical (unpaired) electrons. The van der Waals surface area contributed by atoms with Gasteiger partial charge < -0.3 is 29.9 Å². The van der Waals surface area contributed by atoms with Crippen LogP contribution in [0.1, 0.15) is 73.8 Å². The summed E-state index contributed by atoms with van der Waals surface area (Å²) in [5, 5.41) is 7.13. The lowest BCUT2D eigenvalue weighted by molar-refractivity contribution is -0.137. The van der Waals surface area contributed by atoms with E-state index in [1.807, 2.05) is 43.0 Å². The third-order valence-electron chi connectivity index (χ3n) is 9.18. The van der Waals surface area contributed by atoms with Crippen molar-refractivity contribution in [1.82, 2.24) is 20.4 Å². The summed E-state index contributed by atoms with van der Waals surface area (Å²) in [6.45, 7) is 18.4. The number of nitrogens with zero attached hydrogens (tertiary/aromatic N) is 2. The predicted octanol–water partition coefficient (Wildman–Crippen LogP) is 4.64. The van der Waals surface area contributed by atoms with Gasteiger partial charge in [0.05, 0.1) is 37.4 Å². The Labute approximate surface area is 261 Å². The smallest absolute Gasteiger partial charge is 0.249 e. The zero-order chi connectivity index (χ0) is 32.5. The monoisotopic (exact) mass is 600 g/mol. The summed E-state index contributed by atoms with van der Waals surface area (Å²) in [6, 6.07) is 9.97. The van der Waals surface area contributed by atoms with Crippen molar-refractivity contribution >= 4 is 11.8 Å². The molecule has 2 rings (SSSR count). The highest BCUT2D eigenvalue weighted by atomic mass is 16.5. The second-order valence-electron chi connectivity index (χ2n) is 14.2. The Bertz CT molecular complexity index is 1040. The Morgan fingerprint density at radius 3 is 2.00 bits per heavy atom. The fourth-order valence-electron chi connectivity index (χ4n) is 6.42. The van der Waals surface area contributed by atoms with Crippen LogP contribution < -0.4 is 10.6 Å². The van der Waals surface area contributed by atoms with E-state index in [9.17, 15) is 9.59 Å². The van der Waals surface area contributed by atoms with Crippen molar-refractivity contribution in [3.05, 3.63) is 47.5 Å². The van der Waals surface area contributed by atoms with Gasteiger partial charge in [0.2, 0.25) is 11.8 Å². The maximum atomic E-state index is 14.2. The average Bonchev–Trinajstić information content (AvgIpc) is 3.34. The number of amides is 2. The molecule has 0 bridgehead atoms. The van der Waals surface area contributed by atoms with Crippen molar-refractivity contribution in [3.63, 3.8) is 0 Å². The fourth-order valence-corrected chi connectivity index (χ4v) is 6.42. The van der Waals surface area contributed by atoms with Gasteiger partial charge in [0.15, 0.2) is 0 Å². The first-order chi connectivity index (χ1) is 20.1. The van der Waals surface area contributed by atoms with Crippen LogP contribution in [0.4, 0.5) is 0 Å². The van der Waals surface area contributed by atoms with Crippen LogP contribution in [0, 0.1) is 11.3 Å². The lowest BCUT2D eigenvalue weighted by Crippen LogP contribution is -2.59. The maximum absolute atomic E-state index is 14.2. The molecule has 1 aromatic carbocycles. The molecular formula is C35H60N4O4. The minimum atomic E-state index is -0.415. The van der Waals surface area contributed by atoms with Crippen molar-refractivity contribution in [2.75, 3.05) is 48.1 Å². The van der Waals surface area contributed by atoms with Crippen LogP contribution in [0.5, 0.6) is 0 Å². The zero-order valence-corrected chi connectivity index (χ0v) is 29.0. The molecule has 244 valence electrons. The van der Waals surface area contributed by atoms with Gasteiger partial charge in [-0.15, -0.1) is 0 Å². The number of ether oxygens (including phenoxy) is 2. The van der Waals surface area contributed by atoms with E-state index in [0.717, 1.165) is 12.8 Å². The third kappa shape index (κ3) is 9.37. The molecule has 0 saturated carbocycles. The molecule has 8 nitrogen and oxygen atoms in total. The van der Waals surface area contributed by atoms with Gasteiger partial charge in [0.25, 0.3) is 0 Å². The van der Waals surface area contributed by atoms with E-state index in [-0.39, 0.29) is 52.7 Å². The van der Waals surface area contributed by atoms with E-state index in [1.165, 1.54) is 5.56 Å². The summed E-state index contributed by atoms with van der Waals surface area (Å²) in [7, 11) is 7.19. The van der Waals surface area contributed by atoms with E-state index in [4.69, 9.17) is 9.47 Å². The molecule has 1 unspecified atom stereocenters. The quantitative estimate of drug-likeness (QED) is 0.286. The van der Waals surface area contributed by atoms with Crippen LogP contribution in [0.25, 0.3) is 0 Å². The molecule has 2 amide bonds. The Balaban J connectivity index is 2.30. The first-order valence-corrected chi connectivity index (χ1v) is 15.8. The third-order valence-corrected chi connectivity index (χ3v) is 9.18. The van der Waals surface area contributed by atoms with Crippen molar-refractivity contribution in [3.8, 4) is 0 Å². The number of likely N-dealkylation sites (N-methyl/N-ethyl adjacent to an activating group) is 2. The first kappa shape index (κ1) is 36.9. The SMILES string of the molecule is CN[C@H](CN[C@H](C(=O)N(C)[C@H](/C=C(\C)C(=O)N1C(COC)CC[C@H]1COC)C(C)C)C(C)(C)C)C(C)(C)c1ccccc1. The average molecular weight is 601 g/mol. The van der Waals surface area contributed by atoms with Gasteiger partial charge in [-0.1, -0.05) is 84.9 Å². The van der Waals surface area contributed by atoms with Crippen LogP contribution in [0.15, 0.2) is 42.0 Å². The van der Waals surface area contributed by atoms with Gasteiger partial charge in [0.1, 0.15) is 0 Å². The maximum Gasteiger partial charge on any atom is 0.249 e. The van der Waals surface area contributed by atoms with Gasteiger partial charge >= 0.3 is 0 Å². The number of hydrogen-bond acceptors (Lipinski definition) is 6. The fraction of sp³-hybridized carbons (Fsp3) is 0.714. The summed E-state index contributed by atoms with van der Waals surface area (Å²) in [5.41, 5.74) is 1.41. The summed E-state index contributed by atoms with van der Waals surface area (Å²) in [5.74, 6) is 0.117. The molecule has 1 fully saturated rings. The molecule has 1 aliphatic rings. The molecular weight excluding hydrogens is 540 g/mol. The summed E-state index contributed by atoms with van der Waals surface area (Å²) in [4.78, 5) is 31.8. The number of nitrogens with one attached hydrogen (secondary N) is 2. The van der Waals surface area contributed by atoms with Crippen molar-refractivity contribution in [2.45, 2.75) is 104 Å². The molecule has 0 spiro atoms. The number of hydrogen-bond donors (Lipinski definition) is 2. The number of carbonyl (C=O) groups is 2. The molecule has 0 aromatic heterocycles. The van der Waals surface area contributed by atoms with Crippen LogP contribution in [0.3, 0.4) is 0 Å². The number of rotatable bonds is 15. The van der Waals surface area contributed by atoms with Gasteiger partial charge in [-0.05, 0) is 43.7 Å². The Morgan fingerprint density at radius 1 is 1.02 bits per heavy atom. The topological polar surface area (TPSA) is 83.1 Å². The van der Waals surface area contributed by atoms with Gasteiger partial charge in [-0.2, -0.15) is 0 Å². The number of carbonyl (C=O) groups excluding carboxylic acids is 2. The zero-order valence-electron chi connectivity index (χ0n) is 29.0. The number of methoxy groups -OCH3 is 2. The van der Waals surface area contributed by atoms with E-state index < -0.39 is 6.04 Å². The minimum absolute atomic E-state index is 0.0152. The highest BCUT2D eigenvalue weighted by Gasteiger charge is 2.40. The van der Waals surface area contributed by atoms with Crippen molar-refractivity contribution < 1.29 is 19.1 Å². The summed E-state index contributed by atoms with van der Waals surface area (Å²) in [6.07, 6.45) is 3.76. The van der Waals surface area contributed by atoms with E-state index in [2.05, 4.69) is 83.4 Å². The van der Waals surface area contributed by atoms with Crippen molar-refractivity contribution in [2.24, 2.45) is 11.3 Å². The summed E-state index contributed by atoms with van der Waals surface area (Å²) >= 11 is 0. The minimum Gasteiger partial charge on any atom is -0.383 e. The van der Waals surface area contributed by atoms with Crippen LogP contribution in [-0.2, 0) is 24.5 Å². The second kappa shape index (κ2) is 16.2. The van der Waals surface area contributed by atoms with Crippen molar-refractivity contribution in [1.29, 1.82) is 0 Å². The predicted molar refractivity (Wildman–Crippen MR) is 176 cm³/mol. The number of benzene rings is 1. The highest BCUT2D eigenvalue weighted by Crippen LogP contribution is 2.30. The molecule has 1 saturated heterocycles. The van der Waals surface area contributed by atoms with Gasteiger partial charge in [-0.25, -0.2) is 0 Å².